The summed E-state index contributed by atoms with van der Waals surface area (Å²) in [6.07, 6.45) is 2.16. The average Bonchev–Trinajstić information content (AvgIpc) is 2.46. The normalized spacial score (nSPS) is 16.6. The maximum atomic E-state index is 8.76. The molecular formula is C14H22N2O3. The van der Waals surface area contributed by atoms with Crippen molar-refractivity contribution in [2.75, 3.05) is 44.0 Å². The molecule has 5 nitrogen and oxygen atoms in total. The van der Waals surface area contributed by atoms with E-state index in [1.54, 1.807) is 7.11 Å². The number of anilines is 2. The summed E-state index contributed by atoms with van der Waals surface area (Å²) in [5.74, 6) is 0.822. The number of nitrogens with two attached hydrogens (primary N) is 1. The van der Waals surface area contributed by atoms with Gasteiger partial charge in [0.15, 0.2) is 0 Å². The van der Waals surface area contributed by atoms with Gasteiger partial charge in [-0.2, -0.15) is 0 Å². The minimum Gasteiger partial charge on any atom is -0.497 e. The average molecular weight is 266 g/mol. The topological polar surface area (TPSA) is 68.0 Å². The Morgan fingerprint density at radius 1 is 1.37 bits per heavy atom. The summed E-state index contributed by atoms with van der Waals surface area (Å²) in [5.41, 5.74) is 7.83. The van der Waals surface area contributed by atoms with Crippen LogP contribution in [0, 0.1) is 0 Å². The van der Waals surface area contributed by atoms with Crippen LogP contribution in [-0.2, 0) is 4.74 Å². The van der Waals surface area contributed by atoms with E-state index >= 15 is 0 Å². The molecule has 106 valence electrons. The van der Waals surface area contributed by atoms with Crippen molar-refractivity contribution in [1.29, 1.82) is 0 Å². The number of rotatable bonds is 5. The monoisotopic (exact) mass is 266 g/mol. The zero-order valence-corrected chi connectivity index (χ0v) is 11.3. The highest BCUT2D eigenvalue weighted by Crippen LogP contribution is 2.30. The fourth-order valence-corrected chi connectivity index (χ4v) is 2.41. The summed E-state index contributed by atoms with van der Waals surface area (Å²) in [6.45, 7) is 2.33. The van der Waals surface area contributed by atoms with Crippen LogP contribution in [0.5, 0.6) is 5.75 Å². The Balaban J connectivity index is 1.97. The number of methoxy groups -OCH3 is 1. The van der Waals surface area contributed by atoms with Gasteiger partial charge in [0.05, 0.1) is 37.8 Å². The molecule has 19 heavy (non-hydrogen) atoms. The van der Waals surface area contributed by atoms with E-state index in [1.807, 2.05) is 18.2 Å². The Bertz CT molecular complexity index is 404. The van der Waals surface area contributed by atoms with Crippen LogP contribution in [0.3, 0.4) is 0 Å². The highest BCUT2D eigenvalue weighted by molar-refractivity contribution is 5.69. The van der Waals surface area contributed by atoms with E-state index < -0.39 is 0 Å². The van der Waals surface area contributed by atoms with Crippen LogP contribution < -0.4 is 15.4 Å². The van der Waals surface area contributed by atoms with E-state index in [9.17, 15) is 0 Å². The van der Waals surface area contributed by atoms with Crippen LogP contribution in [0.2, 0.25) is 0 Å². The molecule has 5 heteroatoms. The van der Waals surface area contributed by atoms with Crippen molar-refractivity contribution in [1.82, 2.24) is 0 Å². The van der Waals surface area contributed by atoms with E-state index in [0.29, 0.717) is 6.61 Å². The molecule has 2 rings (SSSR count). The van der Waals surface area contributed by atoms with Crippen molar-refractivity contribution in [3.05, 3.63) is 18.2 Å². The van der Waals surface area contributed by atoms with Crippen LogP contribution >= 0.6 is 0 Å². The van der Waals surface area contributed by atoms with Crippen molar-refractivity contribution in [2.45, 2.75) is 18.9 Å². The molecule has 1 aliphatic heterocycles. The van der Waals surface area contributed by atoms with Crippen LogP contribution in [0.4, 0.5) is 11.4 Å². The predicted octanol–water partition coefficient (Wildman–Crippen LogP) is 1.26. The molecule has 1 aromatic carbocycles. The Kier molecular flexibility index (Phi) is 4.87. The lowest BCUT2D eigenvalue weighted by Crippen LogP contribution is -2.37. The van der Waals surface area contributed by atoms with Crippen molar-refractivity contribution in [3.63, 3.8) is 0 Å². The molecule has 1 aliphatic rings. The van der Waals surface area contributed by atoms with Crippen LogP contribution in [0.15, 0.2) is 18.2 Å². The van der Waals surface area contributed by atoms with Gasteiger partial charge in [-0.05, 0) is 25.0 Å². The molecule has 0 spiro atoms. The van der Waals surface area contributed by atoms with Crippen LogP contribution in [0.1, 0.15) is 12.8 Å². The predicted molar refractivity (Wildman–Crippen MR) is 75.7 cm³/mol. The molecular weight excluding hydrogens is 244 g/mol. The lowest BCUT2D eigenvalue weighted by atomic mass is 10.1. The largest absolute Gasteiger partial charge is 0.497 e. The molecule has 0 amide bonds. The van der Waals surface area contributed by atoms with Crippen LogP contribution in [-0.4, -0.2) is 44.6 Å². The van der Waals surface area contributed by atoms with E-state index in [-0.39, 0.29) is 12.7 Å². The van der Waals surface area contributed by atoms with E-state index in [0.717, 1.165) is 43.1 Å². The number of aliphatic hydroxyl groups excluding tert-OH is 1. The number of hydrogen-bond donors (Lipinski definition) is 2. The molecule has 0 radical (unpaired) electrons. The molecule has 0 atom stereocenters. The van der Waals surface area contributed by atoms with Gasteiger partial charge in [0.25, 0.3) is 0 Å². The third-order valence-electron chi connectivity index (χ3n) is 3.47. The first-order valence-electron chi connectivity index (χ1n) is 6.65. The molecule has 3 N–H and O–H groups in total. The number of hydrogen-bond acceptors (Lipinski definition) is 5. The van der Waals surface area contributed by atoms with Gasteiger partial charge in [-0.3, -0.25) is 0 Å². The van der Waals surface area contributed by atoms with Crippen LogP contribution in [0.25, 0.3) is 0 Å². The van der Waals surface area contributed by atoms with Crippen molar-refractivity contribution in [2.24, 2.45) is 0 Å². The van der Waals surface area contributed by atoms with Gasteiger partial charge < -0.3 is 25.2 Å². The number of nitrogens with zero attached hydrogens (tertiary/aromatic N) is 1. The molecule has 1 saturated heterocycles. The fourth-order valence-electron chi connectivity index (χ4n) is 2.41. The molecule has 0 aliphatic carbocycles. The van der Waals surface area contributed by atoms with E-state index in [4.69, 9.17) is 20.3 Å². The number of nitrogen functional groups attached to an aromatic ring is 1. The molecule has 0 aromatic heterocycles. The smallest absolute Gasteiger partial charge is 0.121 e. The summed E-state index contributed by atoms with van der Waals surface area (Å²) < 4.78 is 10.8. The zero-order chi connectivity index (χ0) is 13.7. The summed E-state index contributed by atoms with van der Waals surface area (Å²) in [7, 11) is 1.66. The van der Waals surface area contributed by atoms with Crippen molar-refractivity contribution in [3.8, 4) is 5.75 Å². The first-order valence-corrected chi connectivity index (χ1v) is 6.65. The Labute approximate surface area is 113 Å². The second kappa shape index (κ2) is 6.63. The summed E-state index contributed by atoms with van der Waals surface area (Å²) >= 11 is 0. The number of aliphatic hydroxyl groups is 1. The highest BCUT2D eigenvalue weighted by atomic mass is 16.5. The Morgan fingerprint density at radius 2 is 2.11 bits per heavy atom. The van der Waals surface area contributed by atoms with Gasteiger partial charge in [0.1, 0.15) is 5.75 Å². The number of ether oxygens (including phenoxy) is 2. The molecule has 0 saturated carbocycles. The highest BCUT2D eigenvalue weighted by Gasteiger charge is 2.21. The van der Waals surface area contributed by atoms with E-state index in [2.05, 4.69) is 4.90 Å². The first kappa shape index (κ1) is 14.0. The summed E-state index contributed by atoms with van der Waals surface area (Å²) in [6, 6.07) is 5.72. The minimum atomic E-state index is 0.0864. The Morgan fingerprint density at radius 3 is 2.74 bits per heavy atom. The second-order valence-corrected chi connectivity index (χ2v) is 4.71. The van der Waals surface area contributed by atoms with Gasteiger partial charge in [-0.1, -0.05) is 0 Å². The summed E-state index contributed by atoms with van der Waals surface area (Å²) in [4.78, 5) is 2.26. The van der Waals surface area contributed by atoms with Gasteiger partial charge in [0, 0.05) is 19.2 Å². The second-order valence-electron chi connectivity index (χ2n) is 4.71. The zero-order valence-electron chi connectivity index (χ0n) is 11.3. The standard InChI is InChI=1S/C14H22N2O3/c1-18-12-2-3-13(15)14(10-12)16-6-4-11(5-7-16)19-9-8-17/h2-3,10-11,17H,4-9,15H2,1H3. The fraction of sp³-hybridized carbons (Fsp3) is 0.571. The molecule has 1 heterocycles. The van der Waals surface area contributed by atoms with Crippen molar-refractivity contribution < 1.29 is 14.6 Å². The quantitative estimate of drug-likeness (QED) is 0.785. The van der Waals surface area contributed by atoms with Crippen molar-refractivity contribution >= 4 is 11.4 Å². The maximum absolute atomic E-state index is 8.76. The molecule has 0 bridgehead atoms. The summed E-state index contributed by atoms with van der Waals surface area (Å²) in [5, 5.41) is 8.76. The molecule has 1 fully saturated rings. The lowest BCUT2D eigenvalue weighted by molar-refractivity contribution is 0.0159. The van der Waals surface area contributed by atoms with Gasteiger partial charge in [0.2, 0.25) is 0 Å². The number of benzene rings is 1. The third kappa shape index (κ3) is 3.52. The molecule has 1 aromatic rings. The van der Waals surface area contributed by atoms with Gasteiger partial charge >= 0.3 is 0 Å². The third-order valence-corrected chi connectivity index (χ3v) is 3.47. The van der Waals surface area contributed by atoms with Gasteiger partial charge in [-0.25, -0.2) is 0 Å². The Hall–Kier alpha value is -1.46. The SMILES string of the molecule is COc1ccc(N)c(N2CCC(OCCO)CC2)c1. The lowest BCUT2D eigenvalue weighted by Gasteiger charge is -2.34. The maximum Gasteiger partial charge on any atom is 0.121 e. The first-order chi connectivity index (χ1) is 9.24. The van der Waals surface area contributed by atoms with Gasteiger partial charge in [-0.15, -0.1) is 0 Å². The van der Waals surface area contributed by atoms with E-state index in [1.165, 1.54) is 0 Å². The molecule has 0 unspecified atom stereocenters. The minimum absolute atomic E-state index is 0.0864. The number of piperidine rings is 1.